The predicted molar refractivity (Wildman–Crippen MR) is 69.1 cm³/mol. The Morgan fingerprint density at radius 2 is 2.12 bits per heavy atom. The molecule has 0 bridgehead atoms. The zero-order valence-electron chi connectivity index (χ0n) is 9.26. The van der Waals surface area contributed by atoms with E-state index in [9.17, 15) is 4.79 Å². The summed E-state index contributed by atoms with van der Waals surface area (Å²) in [5.74, 6) is -0.242. The SMILES string of the molecule is CCOc1ccc(NC(=O)C(Cl)(Cl)Cl)c(C)n1. The van der Waals surface area contributed by atoms with Crippen LogP contribution < -0.4 is 10.1 Å². The molecule has 0 saturated carbocycles. The number of carbonyl (C=O) groups is 1. The molecule has 1 rings (SSSR count). The summed E-state index contributed by atoms with van der Waals surface area (Å²) in [6.07, 6.45) is 0. The highest BCUT2D eigenvalue weighted by atomic mass is 35.6. The molecule has 0 unspecified atom stereocenters. The highest BCUT2D eigenvalue weighted by Crippen LogP contribution is 2.28. The number of carbonyl (C=O) groups excluding carboxylic acids is 1. The van der Waals surface area contributed by atoms with Crippen LogP contribution in [0, 0.1) is 6.92 Å². The first-order chi connectivity index (χ1) is 7.84. The van der Waals surface area contributed by atoms with Gasteiger partial charge in [0.15, 0.2) is 0 Å². The Hall–Kier alpha value is -0.710. The third kappa shape index (κ3) is 4.22. The number of alkyl halides is 3. The van der Waals surface area contributed by atoms with E-state index in [1.807, 2.05) is 6.92 Å². The minimum atomic E-state index is -2.00. The number of hydrogen-bond acceptors (Lipinski definition) is 3. The van der Waals surface area contributed by atoms with Gasteiger partial charge in [-0.2, -0.15) is 0 Å². The Morgan fingerprint density at radius 1 is 1.47 bits per heavy atom. The second-order valence-electron chi connectivity index (χ2n) is 3.17. The van der Waals surface area contributed by atoms with Crippen molar-refractivity contribution >= 4 is 46.4 Å². The van der Waals surface area contributed by atoms with E-state index >= 15 is 0 Å². The van der Waals surface area contributed by atoms with Gasteiger partial charge in [-0.1, -0.05) is 34.8 Å². The van der Waals surface area contributed by atoms with Crippen molar-refractivity contribution in [3.05, 3.63) is 17.8 Å². The molecule has 0 radical (unpaired) electrons. The average Bonchev–Trinajstić information content (AvgIpc) is 2.21. The van der Waals surface area contributed by atoms with Gasteiger partial charge in [-0.3, -0.25) is 4.79 Å². The fourth-order valence-electron chi connectivity index (χ4n) is 1.09. The molecular weight excluding hydrogens is 286 g/mol. The fraction of sp³-hybridized carbons (Fsp3) is 0.400. The Kier molecular flexibility index (Phi) is 4.86. The number of ether oxygens (including phenoxy) is 1. The van der Waals surface area contributed by atoms with Crippen LogP contribution in [0.5, 0.6) is 5.88 Å². The average molecular weight is 298 g/mol. The van der Waals surface area contributed by atoms with Crippen molar-refractivity contribution in [3.63, 3.8) is 0 Å². The second-order valence-corrected chi connectivity index (χ2v) is 5.45. The monoisotopic (exact) mass is 296 g/mol. The maximum Gasteiger partial charge on any atom is 0.276 e. The number of amides is 1. The maximum atomic E-state index is 11.4. The number of anilines is 1. The minimum Gasteiger partial charge on any atom is -0.478 e. The van der Waals surface area contributed by atoms with Gasteiger partial charge in [0.1, 0.15) is 0 Å². The van der Waals surface area contributed by atoms with Crippen LogP contribution in [0.4, 0.5) is 5.69 Å². The zero-order chi connectivity index (χ0) is 13.1. The van der Waals surface area contributed by atoms with Crippen molar-refractivity contribution < 1.29 is 9.53 Å². The summed E-state index contributed by atoms with van der Waals surface area (Å²) in [5.41, 5.74) is 1.06. The van der Waals surface area contributed by atoms with Gasteiger partial charge in [0.25, 0.3) is 9.70 Å². The first kappa shape index (κ1) is 14.4. The summed E-state index contributed by atoms with van der Waals surface area (Å²) in [7, 11) is 0. The predicted octanol–water partition coefficient (Wildman–Crippen LogP) is 3.10. The molecule has 1 amide bonds. The zero-order valence-corrected chi connectivity index (χ0v) is 11.5. The van der Waals surface area contributed by atoms with Gasteiger partial charge in [0.05, 0.1) is 18.0 Å². The maximum absolute atomic E-state index is 11.4. The molecule has 0 aromatic carbocycles. The van der Waals surface area contributed by atoms with Gasteiger partial charge in [0.2, 0.25) is 5.88 Å². The van der Waals surface area contributed by atoms with E-state index in [0.29, 0.717) is 23.9 Å². The molecule has 1 aromatic rings. The molecule has 0 aliphatic carbocycles. The van der Waals surface area contributed by atoms with Crippen molar-refractivity contribution in [2.75, 3.05) is 11.9 Å². The number of nitrogens with zero attached hydrogens (tertiary/aromatic N) is 1. The van der Waals surface area contributed by atoms with Crippen molar-refractivity contribution in [3.8, 4) is 5.88 Å². The first-order valence-electron chi connectivity index (χ1n) is 4.83. The van der Waals surface area contributed by atoms with E-state index in [1.165, 1.54) is 0 Å². The van der Waals surface area contributed by atoms with Gasteiger partial charge < -0.3 is 10.1 Å². The highest BCUT2D eigenvalue weighted by molar-refractivity contribution is 6.76. The van der Waals surface area contributed by atoms with Crippen molar-refractivity contribution in [1.82, 2.24) is 4.98 Å². The number of nitrogens with one attached hydrogen (secondary N) is 1. The minimum absolute atomic E-state index is 0.477. The Bertz CT molecular complexity index is 419. The van der Waals surface area contributed by atoms with Gasteiger partial charge >= 0.3 is 0 Å². The Labute approximate surface area is 114 Å². The van der Waals surface area contributed by atoms with E-state index in [0.717, 1.165) is 0 Å². The molecule has 0 spiro atoms. The van der Waals surface area contributed by atoms with Crippen molar-refractivity contribution in [2.45, 2.75) is 17.6 Å². The lowest BCUT2D eigenvalue weighted by molar-refractivity contribution is -0.115. The van der Waals surface area contributed by atoms with E-state index in [2.05, 4.69) is 10.3 Å². The summed E-state index contributed by atoms with van der Waals surface area (Å²) < 4.78 is 3.22. The summed E-state index contributed by atoms with van der Waals surface area (Å²) >= 11 is 16.3. The summed E-state index contributed by atoms with van der Waals surface area (Å²) in [5, 5.41) is 2.47. The van der Waals surface area contributed by atoms with Crippen LogP contribution >= 0.6 is 34.8 Å². The molecule has 1 N–H and O–H groups in total. The number of rotatable bonds is 3. The summed E-state index contributed by atoms with van der Waals surface area (Å²) in [6, 6.07) is 3.27. The smallest absolute Gasteiger partial charge is 0.276 e. The molecule has 0 fully saturated rings. The molecule has 0 saturated heterocycles. The fourth-order valence-corrected chi connectivity index (χ4v) is 1.23. The van der Waals surface area contributed by atoms with Crippen molar-refractivity contribution in [2.24, 2.45) is 0 Å². The largest absolute Gasteiger partial charge is 0.478 e. The van der Waals surface area contributed by atoms with Crippen LogP contribution in [-0.4, -0.2) is 21.3 Å². The van der Waals surface area contributed by atoms with E-state index in [4.69, 9.17) is 39.5 Å². The van der Waals surface area contributed by atoms with E-state index in [-0.39, 0.29) is 0 Å². The molecule has 0 aliphatic heterocycles. The van der Waals surface area contributed by atoms with Crippen LogP contribution in [0.3, 0.4) is 0 Å². The Morgan fingerprint density at radius 3 is 2.59 bits per heavy atom. The van der Waals surface area contributed by atoms with Gasteiger partial charge in [-0.05, 0) is 19.9 Å². The number of pyridine rings is 1. The van der Waals surface area contributed by atoms with Crippen LogP contribution in [0.1, 0.15) is 12.6 Å². The molecule has 1 heterocycles. The quantitative estimate of drug-likeness (QED) is 0.872. The van der Waals surface area contributed by atoms with Crippen LogP contribution in [0.2, 0.25) is 0 Å². The number of aromatic nitrogens is 1. The molecule has 17 heavy (non-hydrogen) atoms. The first-order valence-corrected chi connectivity index (χ1v) is 5.96. The van der Waals surface area contributed by atoms with E-state index < -0.39 is 9.70 Å². The molecule has 4 nitrogen and oxygen atoms in total. The summed E-state index contributed by atoms with van der Waals surface area (Å²) in [6.45, 7) is 4.10. The molecule has 94 valence electrons. The standard InChI is InChI=1S/C10H11Cl3N2O2/c1-3-17-8-5-4-7(6(2)14-8)15-9(16)10(11,12)13/h4-5H,3H2,1-2H3,(H,15,16). The van der Waals surface area contributed by atoms with E-state index in [1.54, 1.807) is 19.1 Å². The van der Waals surface area contributed by atoms with Crippen LogP contribution in [-0.2, 0) is 4.79 Å². The van der Waals surface area contributed by atoms with Crippen LogP contribution in [0.15, 0.2) is 12.1 Å². The molecule has 1 aromatic heterocycles. The molecule has 0 atom stereocenters. The number of halogens is 3. The Balaban J connectivity index is 2.83. The lowest BCUT2D eigenvalue weighted by atomic mass is 10.3. The topological polar surface area (TPSA) is 51.2 Å². The van der Waals surface area contributed by atoms with Gasteiger partial charge in [0, 0.05) is 6.07 Å². The second kappa shape index (κ2) is 5.76. The molecule has 0 aliphatic rings. The third-order valence-electron chi connectivity index (χ3n) is 1.86. The molecule has 7 heteroatoms. The van der Waals surface area contributed by atoms with Crippen LogP contribution in [0.25, 0.3) is 0 Å². The lowest BCUT2D eigenvalue weighted by Crippen LogP contribution is -2.27. The lowest BCUT2D eigenvalue weighted by Gasteiger charge is -2.13. The third-order valence-corrected chi connectivity index (χ3v) is 2.37. The molecular formula is C10H11Cl3N2O2. The van der Waals surface area contributed by atoms with Crippen molar-refractivity contribution in [1.29, 1.82) is 0 Å². The summed E-state index contributed by atoms with van der Waals surface area (Å²) in [4.78, 5) is 15.6. The number of aryl methyl sites for hydroxylation is 1. The normalized spacial score (nSPS) is 11.1. The highest BCUT2D eigenvalue weighted by Gasteiger charge is 2.30. The van der Waals surface area contributed by atoms with Gasteiger partial charge in [-0.25, -0.2) is 4.98 Å². The number of hydrogen-bond donors (Lipinski definition) is 1. The van der Waals surface area contributed by atoms with Gasteiger partial charge in [-0.15, -0.1) is 0 Å².